The zero-order valence-corrected chi connectivity index (χ0v) is 29.2. The van der Waals surface area contributed by atoms with Crippen molar-refractivity contribution in [3.8, 4) is 11.8 Å². The molecule has 6 heterocycles. The van der Waals surface area contributed by atoms with Crippen LogP contribution in [-0.4, -0.2) is 59.1 Å². The number of rotatable bonds is 5. The first-order valence-corrected chi connectivity index (χ1v) is 18.7. The van der Waals surface area contributed by atoms with Gasteiger partial charge in [-0.1, -0.05) is 38.8 Å². The van der Waals surface area contributed by atoms with Crippen LogP contribution in [0, 0.1) is 59.2 Å². The van der Waals surface area contributed by atoms with Crippen molar-refractivity contribution in [2.24, 2.45) is 52.5 Å². The number of oxime groups is 1. The molecule has 0 aromatic heterocycles. The van der Waals surface area contributed by atoms with Crippen molar-refractivity contribution in [3.05, 3.63) is 0 Å². The van der Waals surface area contributed by atoms with Gasteiger partial charge in [0.25, 0.3) is 0 Å². The Hall–Kier alpha value is -1.21. The molecule has 4 aliphatic carbocycles. The van der Waals surface area contributed by atoms with Gasteiger partial charge in [-0.2, -0.15) is 0 Å². The number of fused-ring (bicyclic) bond motifs is 4. The van der Waals surface area contributed by atoms with E-state index in [4.69, 9.17) is 39.0 Å². The van der Waals surface area contributed by atoms with Crippen molar-refractivity contribution in [1.82, 2.24) is 0 Å². The molecule has 4 saturated carbocycles. The van der Waals surface area contributed by atoms with E-state index in [1.807, 2.05) is 6.92 Å². The second kappa shape index (κ2) is 11.4. The van der Waals surface area contributed by atoms with Gasteiger partial charge < -0.3 is 14.3 Å². The Bertz CT molecular complexity index is 1280. The molecule has 2 spiro atoms. The summed E-state index contributed by atoms with van der Waals surface area (Å²) in [4.78, 5) is 31.6. The van der Waals surface area contributed by atoms with Crippen LogP contribution in [0.5, 0.6) is 0 Å². The summed E-state index contributed by atoms with van der Waals surface area (Å²) in [5.74, 6) is 9.26. The van der Waals surface area contributed by atoms with E-state index in [1.54, 1.807) is 0 Å². The fourth-order valence-corrected chi connectivity index (χ4v) is 12.2. The zero-order chi connectivity index (χ0) is 32.1. The molecule has 0 radical (unpaired) electrons. The van der Waals surface area contributed by atoms with Crippen LogP contribution in [-0.2, 0) is 33.9 Å². The van der Waals surface area contributed by atoms with Gasteiger partial charge in [-0.25, -0.2) is 19.6 Å². The number of hydrogen-bond acceptors (Lipinski definition) is 8. The summed E-state index contributed by atoms with van der Waals surface area (Å²) in [5, 5.41) is 4.88. The van der Waals surface area contributed by atoms with Gasteiger partial charge in [-0.05, 0) is 119 Å². The lowest BCUT2D eigenvalue weighted by molar-refractivity contribution is -0.487. The van der Waals surface area contributed by atoms with Crippen LogP contribution >= 0.6 is 0 Å². The highest BCUT2D eigenvalue weighted by atomic mass is 17.2. The van der Waals surface area contributed by atoms with E-state index >= 15 is 0 Å². The van der Waals surface area contributed by atoms with E-state index in [0.29, 0.717) is 41.9 Å². The molecule has 8 nitrogen and oxygen atoms in total. The molecule has 256 valence electrons. The largest absolute Gasteiger partial charge is 0.383 e. The first kappa shape index (κ1) is 32.0. The molecule has 10 rings (SSSR count). The molecular weight excluding hydrogens is 582 g/mol. The standard InChI is InChI=1S/C38H57NO7/c1-8-9-18-40-39-30(34-25(5)29-13-11-23(3)27-15-17-36(7)21-33(42-34)38(27,29)46-44-36)19-31-24(4)28-12-10-22(2)26-14-16-35(6)20-32(41-31)37(26,28)45-43-35/h22-29,31-34H,10-21H2,1-7H3/b39-30-/t22-,23-,24-,25-,26+,27+,28+,29+,31-,32-,33-,34+,35+,36+,37-,38-/m1/s1. The molecule has 16 atom stereocenters. The third kappa shape index (κ3) is 4.65. The van der Waals surface area contributed by atoms with Gasteiger partial charge in [0.2, 0.25) is 0 Å². The monoisotopic (exact) mass is 639 g/mol. The minimum absolute atomic E-state index is 0.00524. The highest BCUT2D eigenvalue weighted by Crippen LogP contribution is 2.63. The molecule has 46 heavy (non-hydrogen) atoms. The van der Waals surface area contributed by atoms with Crippen molar-refractivity contribution in [2.45, 2.75) is 166 Å². The van der Waals surface area contributed by atoms with Crippen molar-refractivity contribution in [2.75, 3.05) is 6.61 Å². The van der Waals surface area contributed by atoms with Crippen LogP contribution < -0.4 is 0 Å². The molecule has 0 unspecified atom stereocenters. The normalized spacial score (nSPS) is 55.7. The highest BCUT2D eigenvalue weighted by molar-refractivity contribution is 5.89. The first-order chi connectivity index (χ1) is 22.0. The third-order valence-corrected chi connectivity index (χ3v) is 14.8. The van der Waals surface area contributed by atoms with Gasteiger partial charge in [0.1, 0.15) is 28.5 Å². The fourth-order valence-electron chi connectivity index (χ4n) is 12.2. The second-order valence-corrected chi connectivity index (χ2v) is 17.4. The lowest BCUT2D eigenvalue weighted by Crippen LogP contribution is -2.71. The van der Waals surface area contributed by atoms with E-state index in [-0.39, 0.29) is 59.7 Å². The van der Waals surface area contributed by atoms with Gasteiger partial charge in [0.15, 0.2) is 6.61 Å². The Morgan fingerprint density at radius 3 is 1.87 bits per heavy atom. The summed E-state index contributed by atoms with van der Waals surface area (Å²) in [7, 11) is 0. The summed E-state index contributed by atoms with van der Waals surface area (Å²) in [6.45, 7) is 16.1. The minimum atomic E-state index is -0.398. The highest BCUT2D eigenvalue weighted by Gasteiger charge is 2.70. The Morgan fingerprint density at radius 1 is 0.717 bits per heavy atom. The maximum absolute atomic E-state index is 7.29. The molecule has 0 aromatic rings. The lowest BCUT2D eigenvalue weighted by atomic mass is 9.55. The lowest BCUT2D eigenvalue weighted by Gasteiger charge is -2.62. The van der Waals surface area contributed by atoms with E-state index < -0.39 is 5.60 Å². The van der Waals surface area contributed by atoms with Crippen molar-refractivity contribution in [3.63, 3.8) is 0 Å². The van der Waals surface area contributed by atoms with Crippen molar-refractivity contribution < 1.29 is 33.9 Å². The van der Waals surface area contributed by atoms with E-state index in [1.165, 1.54) is 12.8 Å². The van der Waals surface area contributed by atoms with Crippen LogP contribution in [0.15, 0.2) is 5.16 Å². The predicted octanol–water partition coefficient (Wildman–Crippen LogP) is 7.19. The van der Waals surface area contributed by atoms with Crippen LogP contribution in [0.25, 0.3) is 0 Å². The summed E-state index contributed by atoms with van der Waals surface area (Å²) in [6, 6.07) is 0. The average molecular weight is 640 g/mol. The maximum atomic E-state index is 7.29. The Labute approximate surface area is 276 Å². The van der Waals surface area contributed by atoms with Crippen molar-refractivity contribution in [1.29, 1.82) is 0 Å². The Kier molecular flexibility index (Phi) is 7.95. The zero-order valence-electron chi connectivity index (χ0n) is 29.2. The Morgan fingerprint density at radius 2 is 1.28 bits per heavy atom. The van der Waals surface area contributed by atoms with E-state index in [9.17, 15) is 0 Å². The number of ether oxygens (including phenoxy) is 2. The van der Waals surface area contributed by atoms with Gasteiger partial charge in [0.05, 0.1) is 24.0 Å². The smallest absolute Gasteiger partial charge is 0.177 e. The van der Waals surface area contributed by atoms with Gasteiger partial charge in [-0.3, -0.25) is 0 Å². The Balaban J connectivity index is 1.12. The second-order valence-electron chi connectivity index (χ2n) is 17.4. The topological polar surface area (TPSA) is 77.0 Å². The average Bonchev–Trinajstić information content (AvgIpc) is 3.40. The molecule has 10 aliphatic rings. The maximum Gasteiger partial charge on any atom is 0.177 e. The summed E-state index contributed by atoms with van der Waals surface area (Å²) in [5.41, 5.74) is -0.437. The quantitative estimate of drug-likeness (QED) is 0.104. The number of hydrogen-bond donors (Lipinski definition) is 0. The molecule has 0 N–H and O–H groups in total. The molecular formula is C38H57NO7. The van der Waals surface area contributed by atoms with E-state index in [0.717, 1.165) is 57.1 Å². The minimum Gasteiger partial charge on any atom is -0.383 e. The van der Waals surface area contributed by atoms with Gasteiger partial charge in [0, 0.05) is 19.3 Å². The number of nitrogens with zero attached hydrogens (tertiary/aromatic N) is 1. The molecule has 8 heteroatoms. The van der Waals surface area contributed by atoms with Crippen LogP contribution in [0.4, 0.5) is 0 Å². The van der Waals surface area contributed by atoms with Crippen LogP contribution in [0.3, 0.4) is 0 Å². The molecule has 6 saturated heterocycles. The van der Waals surface area contributed by atoms with Gasteiger partial charge in [-0.15, -0.1) is 5.92 Å². The van der Waals surface area contributed by atoms with Crippen LogP contribution in [0.2, 0.25) is 0 Å². The SMILES string of the molecule is CC#CCO/N=C(/C[C@H]1O[C@@H]2C[C@]3(C)CC[C@H]4[C@H](C)CC[C@@H]([C@H]1C)[C@@]24OO3)[C@H]1O[C@@H]2C[C@]3(C)CC[C@H]4[C@H](C)CC[C@@H]([C@H]1C)[C@@]24OO3. The van der Waals surface area contributed by atoms with Crippen LogP contribution in [0.1, 0.15) is 119 Å². The third-order valence-electron chi connectivity index (χ3n) is 14.8. The molecule has 4 bridgehead atoms. The van der Waals surface area contributed by atoms with E-state index in [2.05, 4.69) is 53.4 Å². The first-order valence-electron chi connectivity index (χ1n) is 18.7. The molecule has 6 aliphatic heterocycles. The van der Waals surface area contributed by atoms with Gasteiger partial charge >= 0.3 is 0 Å². The predicted molar refractivity (Wildman–Crippen MR) is 172 cm³/mol. The molecule has 10 fully saturated rings. The summed E-state index contributed by atoms with van der Waals surface area (Å²) in [6.07, 6.45) is 11.2. The molecule has 0 aromatic carbocycles. The summed E-state index contributed by atoms with van der Waals surface area (Å²) < 4.78 is 14.5. The fraction of sp³-hybridized carbons (Fsp3) is 0.921. The summed E-state index contributed by atoms with van der Waals surface area (Å²) >= 11 is 0. The van der Waals surface area contributed by atoms with Crippen molar-refractivity contribution >= 4 is 5.71 Å². The molecule has 0 amide bonds.